The Kier molecular flexibility index (Phi) is 14.1. The summed E-state index contributed by atoms with van der Waals surface area (Å²) in [7, 11) is 1.80. The first-order valence-electron chi connectivity index (χ1n) is 10.1. The summed E-state index contributed by atoms with van der Waals surface area (Å²) in [4.78, 5) is 4.25. The van der Waals surface area contributed by atoms with Crippen molar-refractivity contribution in [1.29, 1.82) is 0 Å². The van der Waals surface area contributed by atoms with Crippen molar-refractivity contribution < 1.29 is 14.2 Å². The number of aryl methyl sites for hydroxylation is 1. The number of unbranched alkanes of at least 4 members (excludes halogenated alkanes) is 1. The Bertz CT molecular complexity index is 534. The second-order valence-electron chi connectivity index (χ2n) is 6.95. The molecule has 28 heavy (non-hydrogen) atoms. The molecule has 1 fully saturated rings. The Morgan fingerprint density at radius 3 is 2.54 bits per heavy atom. The second kappa shape index (κ2) is 15.8. The largest absolute Gasteiger partial charge is 0.494 e. The Morgan fingerprint density at radius 1 is 1.11 bits per heavy atom. The van der Waals surface area contributed by atoms with Crippen LogP contribution in [0.5, 0.6) is 5.75 Å². The molecule has 1 heterocycles. The number of halogens is 1. The van der Waals surface area contributed by atoms with Crippen LogP contribution in [0, 0.1) is 12.8 Å². The molecule has 0 bridgehead atoms. The van der Waals surface area contributed by atoms with E-state index >= 15 is 0 Å². The standard InChI is InChI=1S/C21H35N3O3.HI/c1-18-6-8-20(9-7-18)27-14-4-3-11-23-21(22-2)24-12-5-13-25-16-19-10-15-26-17-19;/h6-9,19H,3-5,10-17H2,1-2H3,(H2,22,23,24);1H. The van der Waals surface area contributed by atoms with Crippen LogP contribution in [0.15, 0.2) is 29.3 Å². The Hall–Kier alpha value is -1.06. The molecule has 0 saturated carbocycles. The maximum atomic E-state index is 5.74. The predicted octanol–water partition coefficient (Wildman–Crippen LogP) is 3.38. The van der Waals surface area contributed by atoms with Crippen molar-refractivity contribution in [3.8, 4) is 5.75 Å². The summed E-state index contributed by atoms with van der Waals surface area (Å²) in [5.41, 5.74) is 1.25. The highest BCUT2D eigenvalue weighted by Gasteiger charge is 2.15. The molecule has 0 aliphatic carbocycles. The molecule has 160 valence electrons. The van der Waals surface area contributed by atoms with E-state index in [-0.39, 0.29) is 24.0 Å². The van der Waals surface area contributed by atoms with Crippen LogP contribution in [0.4, 0.5) is 0 Å². The minimum atomic E-state index is 0. The SMILES string of the molecule is CN=C(NCCCCOc1ccc(C)cc1)NCCCOCC1CCOC1.I. The fourth-order valence-corrected chi connectivity index (χ4v) is 2.82. The van der Waals surface area contributed by atoms with E-state index < -0.39 is 0 Å². The van der Waals surface area contributed by atoms with Crippen molar-refractivity contribution in [3.63, 3.8) is 0 Å². The molecule has 1 atom stereocenters. The van der Waals surface area contributed by atoms with Gasteiger partial charge in [-0.3, -0.25) is 4.99 Å². The van der Waals surface area contributed by atoms with Gasteiger partial charge in [-0.05, 0) is 44.7 Å². The molecule has 7 heteroatoms. The molecule has 1 aliphatic heterocycles. The first-order chi connectivity index (χ1) is 13.3. The normalized spacial score (nSPS) is 16.5. The lowest BCUT2D eigenvalue weighted by Crippen LogP contribution is -2.38. The van der Waals surface area contributed by atoms with E-state index in [9.17, 15) is 0 Å². The molecule has 0 aromatic heterocycles. The van der Waals surface area contributed by atoms with Crippen LogP contribution in [0.25, 0.3) is 0 Å². The minimum absolute atomic E-state index is 0. The van der Waals surface area contributed by atoms with Gasteiger partial charge in [-0.1, -0.05) is 17.7 Å². The third-order valence-electron chi connectivity index (χ3n) is 4.51. The number of hydrogen-bond donors (Lipinski definition) is 2. The molecule has 2 rings (SSSR count). The number of guanidine groups is 1. The zero-order valence-electron chi connectivity index (χ0n) is 17.2. The van der Waals surface area contributed by atoms with Gasteiger partial charge in [0.25, 0.3) is 0 Å². The molecular formula is C21H36IN3O3. The van der Waals surface area contributed by atoms with Gasteiger partial charge in [-0.25, -0.2) is 0 Å². The number of benzene rings is 1. The Balaban J connectivity index is 0.00000392. The fraction of sp³-hybridized carbons (Fsp3) is 0.667. The number of nitrogens with zero attached hydrogens (tertiary/aromatic N) is 1. The zero-order chi connectivity index (χ0) is 19.2. The van der Waals surface area contributed by atoms with Crippen LogP contribution >= 0.6 is 24.0 Å². The van der Waals surface area contributed by atoms with Gasteiger partial charge in [-0.2, -0.15) is 0 Å². The van der Waals surface area contributed by atoms with Gasteiger partial charge in [-0.15, -0.1) is 24.0 Å². The number of nitrogens with one attached hydrogen (secondary N) is 2. The van der Waals surface area contributed by atoms with Gasteiger partial charge in [0, 0.05) is 39.3 Å². The van der Waals surface area contributed by atoms with Crippen LogP contribution in [-0.4, -0.2) is 59.1 Å². The lowest BCUT2D eigenvalue weighted by atomic mass is 10.1. The average Bonchev–Trinajstić information content (AvgIpc) is 3.20. The van der Waals surface area contributed by atoms with Gasteiger partial charge in [0.05, 0.1) is 19.8 Å². The monoisotopic (exact) mass is 505 g/mol. The van der Waals surface area contributed by atoms with Crippen LogP contribution in [0.1, 0.15) is 31.2 Å². The van der Waals surface area contributed by atoms with Crippen molar-refractivity contribution in [2.45, 2.75) is 32.6 Å². The summed E-state index contributed by atoms with van der Waals surface area (Å²) < 4.78 is 16.8. The average molecular weight is 505 g/mol. The first kappa shape index (κ1) is 25.0. The van der Waals surface area contributed by atoms with Gasteiger partial charge in [0.1, 0.15) is 5.75 Å². The van der Waals surface area contributed by atoms with Crippen LogP contribution in [-0.2, 0) is 9.47 Å². The van der Waals surface area contributed by atoms with Crippen molar-refractivity contribution >= 4 is 29.9 Å². The highest BCUT2D eigenvalue weighted by molar-refractivity contribution is 14.0. The van der Waals surface area contributed by atoms with E-state index in [0.717, 1.165) is 83.5 Å². The summed E-state index contributed by atoms with van der Waals surface area (Å²) in [6, 6.07) is 8.18. The molecular weight excluding hydrogens is 469 g/mol. The molecule has 6 nitrogen and oxygen atoms in total. The maximum Gasteiger partial charge on any atom is 0.190 e. The van der Waals surface area contributed by atoms with Gasteiger partial charge < -0.3 is 24.8 Å². The maximum absolute atomic E-state index is 5.74. The lowest BCUT2D eigenvalue weighted by molar-refractivity contribution is 0.0888. The highest BCUT2D eigenvalue weighted by atomic mass is 127. The molecule has 1 saturated heterocycles. The molecule has 2 N–H and O–H groups in total. The quantitative estimate of drug-likeness (QED) is 0.198. The number of rotatable bonds is 12. The minimum Gasteiger partial charge on any atom is -0.494 e. The molecule has 0 spiro atoms. The van der Waals surface area contributed by atoms with Gasteiger partial charge in [0.15, 0.2) is 5.96 Å². The molecule has 0 radical (unpaired) electrons. The fourth-order valence-electron chi connectivity index (χ4n) is 2.82. The van der Waals surface area contributed by atoms with E-state index in [1.54, 1.807) is 7.05 Å². The molecule has 0 amide bonds. The molecule has 1 unspecified atom stereocenters. The lowest BCUT2D eigenvalue weighted by Gasteiger charge is -2.13. The third kappa shape index (κ3) is 11.1. The molecule has 1 aromatic carbocycles. The highest BCUT2D eigenvalue weighted by Crippen LogP contribution is 2.12. The first-order valence-corrected chi connectivity index (χ1v) is 10.1. The van der Waals surface area contributed by atoms with E-state index in [4.69, 9.17) is 14.2 Å². The Labute approximate surface area is 186 Å². The number of ether oxygens (including phenoxy) is 3. The summed E-state index contributed by atoms with van der Waals surface area (Å²) in [5.74, 6) is 2.37. The summed E-state index contributed by atoms with van der Waals surface area (Å²) >= 11 is 0. The molecule has 1 aliphatic rings. The Morgan fingerprint density at radius 2 is 1.86 bits per heavy atom. The van der Waals surface area contributed by atoms with Crippen molar-refractivity contribution in [2.75, 3.05) is 53.2 Å². The summed E-state index contributed by atoms with van der Waals surface area (Å²) in [5, 5.41) is 6.66. The summed E-state index contributed by atoms with van der Waals surface area (Å²) in [6.45, 7) is 7.89. The van der Waals surface area contributed by atoms with E-state index in [1.165, 1.54) is 5.56 Å². The van der Waals surface area contributed by atoms with Crippen molar-refractivity contribution in [1.82, 2.24) is 10.6 Å². The number of hydrogen-bond acceptors (Lipinski definition) is 4. The van der Waals surface area contributed by atoms with Crippen molar-refractivity contribution in [3.05, 3.63) is 29.8 Å². The van der Waals surface area contributed by atoms with Gasteiger partial charge >= 0.3 is 0 Å². The van der Waals surface area contributed by atoms with E-state index in [0.29, 0.717) is 5.92 Å². The summed E-state index contributed by atoms with van der Waals surface area (Å²) in [6.07, 6.45) is 4.15. The third-order valence-corrected chi connectivity index (χ3v) is 4.51. The van der Waals surface area contributed by atoms with Crippen molar-refractivity contribution in [2.24, 2.45) is 10.9 Å². The van der Waals surface area contributed by atoms with Crippen LogP contribution in [0.2, 0.25) is 0 Å². The zero-order valence-corrected chi connectivity index (χ0v) is 19.6. The van der Waals surface area contributed by atoms with E-state index in [1.807, 2.05) is 12.1 Å². The number of aliphatic imine (C=N–C) groups is 1. The molecule has 1 aromatic rings. The van der Waals surface area contributed by atoms with Crippen LogP contribution < -0.4 is 15.4 Å². The second-order valence-corrected chi connectivity index (χ2v) is 6.95. The van der Waals surface area contributed by atoms with E-state index in [2.05, 4.69) is 34.7 Å². The predicted molar refractivity (Wildman–Crippen MR) is 125 cm³/mol. The topological polar surface area (TPSA) is 64.1 Å². The van der Waals surface area contributed by atoms with Crippen LogP contribution in [0.3, 0.4) is 0 Å². The smallest absolute Gasteiger partial charge is 0.190 e. The van der Waals surface area contributed by atoms with Gasteiger partial charge in [0.2, 0.25) is 0 Å².